The fraction of sp³-hybridized carbons (Fsp3) is 0.185. The summed E-state index contributed by atoms with van der Waals surface area (Å²) in [5, 5.41) is 5.20. The predicted molar refractivity (Wildman–Crippen MR) is 142 cm³/mol. The van der Waals surface area contributed by atoms with Crippen LogP contribution in [-0.4, -0.2) is 42.4 Å². The van der Waals surface area contributed by atoms with Gasteiger partial charge in [-0.25, -0.2) is 13.3 Å². The Morgan fingerprint density at radius 3 is 1.89 bits per heavy atom. The first-order chi connectivity index (χ1) is 18.1. The Hall–Kier alpha value is -4.35. The molecule has 3 aromatic carbocycles. The molecule has 1 saturated heterocycles. The molecular formula is C27H26N4O6S. The van der Waals surface area contributed by atoms with Gasteiger partial charge in [-0.2, -0.15) is 4.31 Å². The van der Waals surface area contributed by atoms with Crippen LogP contribution >= 0.6 is 0 Å². The molecule has 1 aliphatic rings. The molecule has 1 unspecified atom stereocenters. The maximum atomic E-state index is 13.8. The second kappa shape index (κ2) is 11.0. The number of sulfonamides is 1. The van der Waals surface area contributed by atoms with Crippen LogP contribution in [0.5, 0.6) is 0 Å². The number of rotatable bonds is 8. The maximum absolute atomic E-state index is 13.8. The van der Waals surface area contributed by atoms with Gasteiger partial charge >= 0.3 is 0 Å². The summed E-state index contributed by atoms with van der Waals surface area (Å²) in [5.74, 6) is -1.78. The first-order valence-electron chi connectivity index (χ1n) is 11.7. The molecule has 0 spiro atoms. The first-order valence-corrected chi connectivity index (χ1v) is 13.2. The van der Waals surface area contributed by atoms with E-state index in [2.05, 4.69) is 10.6 Å². The fourth-order valence-electron chi connectivity index (χ4n) is 4.18. The summed E-state index contributed by atoms with van der Waals surface area (Å²) in [6.45, 7) is 2.57. The molecule has 2 N–H and O–H groups in total. The normalized spacial score (nSPS) is 15.6. The molecule has 0 radical (unpaired) electrons. The molecule has 38 heavy (non-hydrogen) atoms. The molecule has 11 heteroatoms. The van der Waals surface area contributed by atoms with Crippen molar-refractivity contribution in [2.75, 3.05) is 15.5 Å². The lowest BCUT2D eigenvalue weighted by Gasteiger charge is -2.27. The Kier molecular flexibility index (Phi) is 7.70. The zero-order valence-corrected chi connectivity index (χ0v) is 21.6. The van der Waals surface area contributed by atoms with Gasteiger partial charge in [0.2, 0.25) is 27.7 Å². The van der Waals surface area contributed by atoms with Crippen molar-refractivity contribution in [3.63, 3.8) is 0 Å². The number of amides is 4. The van der Waals surface area contributed by atoms with Crippen molar-refractivity contribution in [2.24, 2.45) is 0 Å². The van der Waals surface area contributed by atoms with Gasteiger partial charge in [-0.05, 0) is 54.1 Å². The summed E-state index contributed by atoms with van der Waals surface area (Å²) in [5.41, 5.74) is 1.83. The van der Waals surface area contributed by atoms with E-state index in [0.29, 0.717) is 16.9 Å². The van der Waals surface area contributed by atoms with Crippen LogP contribution in [0.15, 0.2) is 83.8 Å². The molecule has 196 valence electrons. The molecule has 1 heterocycles. The Morgan fingerprint density at radius 2 is 1.37 bits per heavy atom. The molecule has 4 amide bonds. The third-order valence-electron chi connectivity index (χ3n) is 5.88. The monoisotopic (exact) mass is 534 g/mol. The van der Waals surface area contributed by atoms with Crippen molar-refractivity contribution in [2.45, 2.75) is 37.8 Å². The van der Waals surface area contributed by atoms with Crippen LogP contribution < -0.4 is 15.5 Å². The number of carbonyl (C=O) groups is 4. The summed E-state index contributed by atoms with van der Waals surface area (Å²) in [4.78, 5) is 50.1. The standard InChI is InChI=1S/C27H26N4O6S/c1-18(32)28-21-8-12-23(13-9-21)31-26(34)16-25(27(31)35)30(17-20-6-4-3-5-7-20)38(36,37)24-14-10-22(11-15-24)29-19(2)33/h3-15,25H,16-17H2,1-2H3,(H,28,32)(H,29,33). The van der Waals surface area contributed by atoms with E-state index < -0.39 is 27.9 Å². The Labute approximate surface area is 220 Å². The Morgan fingerprint density at radius 1 is 0.842 bits per heavy atom. The Balaban J connectivity index is 1.68. The van der Waals surface area contributed by atoms with E-state index >= 15 is 0 Å². The second-order valence-corrected chi connectivity index (χ2v) is 10.6. The lowest BCUT2D eigenvalue weighted by molar-refractivity contribution is -0.122. The third kappa shape index (κ3) is 5.79. The van der Waals surface area contributed by atoms with E-state index in [-0.39, 0.29) is 35.4 Å². The maximum Gasteiger partial charge on any atom is 0.252 e. The quantitative estimate of drug-likeness (QED) is 0.427. The van der Waals surface area contributed by atoms with Crippen LogP contribution in [0, 0.1) is 0 Å². The molecule has 1 atom stereocenters. The van der Waals surface area contributed by atoms with Gasteiger partial charge in [0.15, 0.2) is 0 Å². The van der Waals surface area contributed by atoms with Gasteiger partial charge in [-0.3, -0.25) is 19.2 Å². The number of hydrogen-bond acceptors (Lipinski definition) is 6. The van der Waals surface area contributed by atoms with E-state index in [1.165, 1.54) is 50.2 Å². The topological polar surface area (TPSA) is 133 Å². The summed E-state index contributed by atoms with van der Waals surface area (Å²) in [6, 6.07) is 19.3. The molecular weight excluding hydrogens is 508 g/mol. The number of hydrogen-bond donors (Lipinski definition) is 2. The van der Waals surface area contributed by atoms with Gasteiger partial charge in [0.1, 0.15) is 6.04 Å². The number of anilines is 3. The van der Waals surface area contributed by atoms with Crippen LogP contribution in [0.25, 0.3) is 0 Å². The number of nitrogens with zero attached hydrogens (tertiary/aromatic N) is 2. The number of imide groups is 1. The zero-order chi connectivity index (χ0) is 27.4. The van der Waals surface area contributed by atoms with Crippen LogP contribution in [-0.2, 0) is 35.7 Å². The van der Waals surface area contributed by atoms with Gasteiger partial charge in [0.05, 0.1) is 17.0 Å². The highest BCUT2D eigenvalue weighted by Gasteiger charge is 2.47. The average molecular weight is 535 g/mol. The van der Waals surface area contributed by atoms with Crippen LogP contribution in [0.2, 0.25) is 0 Å². The minimum atomic E-state index is -4.24. The van der Waals surface area contributed by atoms with E-state index in [0.717, 1.165) is 9.21 Å². The largest absolute Gasteiger partial charge is 0.326 e. The molecule has 0 saturated carbocycles. The molecule has 3 aromatic rings. The molecule has 4 rings (SSSR count). The van der Waals surface area contributed by atoms with Gasteiger partial charge in [-0.1, -0.05) is 30.3 Å². The van der Waals surface area contributed by atoms with Crippen molar-refractivity contribution in [1.29, 1.82) is 0 Å². The number of nitrogens with one attached hydrogen (secondary N) is 2. The lowest BCUT2D eigenvalue weighted by Crippen LogP contribution is -2.45. The molecule has 0 bridgehead atoms. The second-order valence-electron chi connectivity index (χ2n) is 8.76. The molecule has 0 aliphatic carbocycles. The molecule has 1 aliphatic heterocycles. The summed E-state index contributed by atoms with van der Waals surface area (Å²) >= 11 is 0. The summed E-state index contributed by atoms with van der Waals surface area (Å²) in [6.07, 6.45) is -0.331. The van der Waals surface area contributed by atoms with Gasteiger partial charge in [0, 0.05) is 31.8 Å². The van der Waals surface area contributed by atoms with Crippen molar-refractivity contribution < 1.29 is 27.6 Å². The van der Waals surface area contributed by atoms with Gasteiger partial charge in [-0.15, -0.1) is 0 Å². The van der Waals surface area contributed by atoms with Gasteiger partial charge < -0.3 is 10.6 Å². The smallest absolute Gasteiger partial charge is 0.252 e. The van der Waals surface area contributed by atoms with E-state index in [1.54, 1.807) is 42.5 Å². The minimum absolute atomic E-state index is 0.0825. The third-order valence-corrected chi connectivity index (χ3v) is 7.75. The fourth-order valence-corrected chi connectivity index (χ4v) is 5.75. The van der Waals surface area contributed by atoms with Crippen molar-refractivity contribution in [3.05, 3.63) is 84.4 Å². The lowest BCUT2D eigenvalue weighted by atomic mass is 10.2. The molecule has 0 aromatic heterocycles. The summed E-state index contributed by atoms with van der Waals surface area (Å²) < 4.78 is 28.7. The van der Waals surface area contributed by atoms with Crippen LogP contribution in [0.1, 0.15) is 25.8 Å². The van der Waals surface area contributed by atoms with Crippen molar-refractivity contribution >= 4 is 50.7 Å². The summed E-state index contributed by atoms with van der Waals surface area (Å²) in [7, 11) is -4.24. The van der Waals surface area contributed by atoms with Crippen LogP contribution in [0.4, 0.5) is 17.1 Å². The first kappa shape index (κ1) is 26.7. The number of carbonyl (C=O) groups excluding carboxylic acids is 4. The highest BCUT2D eigenvalue weighted by molar-refractivity contribution is 7.89. The van der Waals surface area contributed by atoms with E-state index in [9.17, 15) is 27.6 Å². The number of benzene rings is 3. The molecule has 10 nitrogen and oxygen atoms in total. The average Bonchev–Trinajstić information content (AvgIpc) is 3.16. The van der Waals surface area contributed by atoms with E-state index in [1.807, 2.05) is 0 Å². The minimum Gasteiger partial charge on any atom is -0.326 e. The van der Waals surface area contributed by atoms with Crippen LogP contribution in [0.3, 0.4) is 0 Å². The predicted octanol–water partition coefficient (Wildman–Crippen LogP) is 3.13. The van der Waals surface area contributed by atoms with Crippen molar-refractivity contribution in [3.8, 4) is 0 Å². The van der Waals surface area contributed by atoms with E-state index in [4.69, 9.17) is 0 Å². The Bertz CT molecular complexity index is 1470. The highest BCUT2D eigenvalue weighted by atomic mass is 32.2. The van der Waals surface area contributed by atoms with Crippen molar-refractivity contribution in [1.82, 2.24) is 4.31 Å². The zero-order valence-electron chi connectivity index (χ0n) is 20.7. The highest BCUT2D eigenvalue weighted by Crippen LogP contribution is 2.31. The SMILES string of the molecule is CC(=O)Nc1ccc(N2C(=O)CC(N(Cc3ccccc3)S(=O)(=O)c3ccc(NC(C)=O)cc3)C2=O)cc1. The van der Waals surface area contributed by atoms with Gasteiger partial charge in [0.25, 0.3) is 5.91 Å². The molecule has 1 fully saturated rings.